The monoisotopic (exact) mass is 198 g/mol. The van der Waals surface area contributed by atoms with E-state index in [0.29, 0.717) is 11.8 Å². The third-order valence-electron chi connectivity index (χ3n) is 2.07. The Morgan fingerprint density at radius 1 is 1.62 bits per heavy atom. The third-order valence-corrected chi connectivity index (χ3v) is 2.28. The Bertz CT molecular complexity index is 287. The van der Waals surface area contributed by atoms with Crippen LogP contribution in [-0.2, 0) is 4.74 Å². The summed E-state index contributed by atoms with van der Waals surface area (Å²) in [5, 5.41) is 3.88. The second-order valence-corrected chi connectivity index (χ2v) is 3.38. The molecule has 1 fully saturated rings. The highest BCUT2D eigenvalue weighted by molar-refractivity contribution is 6.29. The molecule has 0 spiro atoms. The molecule has 1 aromatic rings. The molecule has 2 heterocycles. The molecule has 0 bridgehead atoms. The minimum atomic E-state index is 0.259. The van der Waals surface area contributed by atoms with E-state index >= 15 is 0 Å². The lowest BCUT2D eigenvalue weighted by Crippen LogP contribution is -2.34. The SMILES string of the molecule is Clc1cc(C2COCCN2)ccn1. The topological polar surface area (TPSA) is 34.1 Å². The smallest absolute Gasteiger partial charge is 0.129 e. The van der Waals surface area contributed by atoms with Gasteiger partial charge in [-0.25, -0.2) is 4.98 Å². The second kappa shape index (κ2) is 4.05. The van der Waals surface area contributed by atoms with Crippen molar-refractivity contribution in [3.8, 4) is 0 Å². The Kier molecular flexibility index (Phi) is 2.78. The van der Waals surface area contributed by atoms with Gasteiger partial charge in [-0.1, -0.05) is 11.6 Å². The van der Waals surface area contributed by atoms with Crippen LogP contribution >= 0.6 is 11.6 Å². The van der Waals surface area contributed by atoms with Crippen LogP contribution in [0.2, 0.25) is 5.15 Å². The van der Waals surface area contributed by atoms with Gasteiger partial charge >= 0.3 is 0 Å². The molecule has 1 N–H and O–H groups in total. The Hall–Kier alpha value is -0.640. The van der Waals surface area contributed by atoms with E-state index in [4.69, 9.17) is 16.3 Å². The van der Waals surface area contributed by atoms with E-state index in [9.17, 15) is 0 Å². The molecular weight excluding hydrogens is 188 g/mol. The molecule has 4 heteroatoms. The van der Waals surface area contributed by atoms with Crippen LogP contribution in [0.4, 0.5) is 0 Å². The lowest BCUT2D eigenvalue weighted by molar-refractivity contribution is 0.0768. The zero-order valence-corrected chi connectivity index (χ0v) is 7.92. The minimum absolute atomic E-state index is 0.259. The van der Waals surface area contributed by atoms with Gasteiger partial charge in [0.2, 0.25) is 0 Å². The van der Waals surface area contributed by atoms with Crippen LogP contribution in [0, 0.1) is 0 Å². The van der Waals surface area contributed by atoms with E-state index in [0.717, 1.165) is 18.7 Å². The number of aromatic nitrogens is 1. The Labute approximate surface area is 82.1 Å². The number of nitrogens with zero attached hydrogens (tertiary/aromatic N) is 1. The molecule has 1 atom stereocenters. The van der Waals surface area contributed by atoms with Gasteiger partial charge in [0.25, 0.3) is 0 Å². The molecule has 0 radical (unpaired) electrons. The molecule has 3 nitrogen and oxygen atoms in total. The number of nitrogens with one attached hydrogen (secondary N) is 1. The first-order valence-electron chi connectivity index (χ1n) is 4.29. The second-order valence-electron chi connectivity index (χ2n) is 2.99. The summed E-state index contributed by atoms with van der Waals surface area (Å²) in [5.41, 5.74) is 1.14. The fourth-order valence-electron chi connectivity index (χ4n) is 1.41. The first-order chi connectivity index (χ1) is 6.36. The maximum atomic E-state index is 5.78. The summed E-state index contributed by atoms with van der Waals surface area (Å²) < 4.78 is 5.35. The molecule has 2 rings (SSSR count). The van der Waals surface area contributed by atoms with Gasteiger partial charge in [0.1, 0.15) is 5.15 Å². The van der Waals surface area contributed by atoms with Gasteiger partial charge in [-0.15, -0.1) is 0 Å². The summed E-state index contributed by atoms with van der Waals surface area (Å²) in [7, 11) is 0. The Morgan fingerprint density at radius 3 is 3.23 bits per heavy atom. The van der Waals surface area contributed by atoms with Crippen molar-refractivity contribution in [3.63, 3.8) is 0 Å². The molecule has 0 amide bonds. The van der Waals surface area contributed by atoms with Gasteiger partial charge in [-0.3, -0.25) is 0 Å². The van der Waals surface area contributed by atoms with E-state index in [-0.39, 0.29) is 6.04 Å². The molecule has 0 aliphatic carbocycles. The third kappa shape index (κ3) is 2.18. The number of hydrogen-bond acceptors (Lipinski definition) is 3. The van der Waals surface area contributed by atoms with Gasteiger partial charge in [0.15, 0.2) is 0 Å². The van der Waals surface area contributed by atoms with E-state index in [1.807, 2.05) is 12.1 Å². The standard InChI is InChI=1S/C9H11ClN2O/c10-9-5-7(1-2-12-9)8-6-13-4-3-11-8/h1-2,5,8,11H,3-4,6H2. The Balaban J connectivity index is 2.14. The molecule has 1 aliphatic heterocycles. The van der Waals surface area contributed by atoms with E-state index in [2.05, 4.69) is 10.3 Å². The van der Waals surface area contributed by atoms with Crippen LogP contribution in [0.25, 0.3) is 0 Å². The van der Waals surface area contributed by atoms with E-state index in [1.54, 1.807) is 6.20 Å². The molecule has 70 valence electrons. The van der Waals surface area contributed by atoms with Crippen molar-refractivity contribution in [1.82, 2.24) is 10.3 Å². The summed E-state index contributed by atoms with van der Waals surface area (Å²) in [5.74, 6) is 0. The maximum absolute atomic E-state index is 5.78. The normalized spacial score (nSPS) is 23.0. The van der Waals surface area contributed by atoms with Crippen LogP contribution in [0.15, 0.2) is 18.3 Å². The van der Waals surface area contributed by atoms with Crippen molar-refractivity contribution < 1.29 is 4.74 Å². The first-order valence-corrected chi connectivity index (χ1v) is 4.66. The largest absolute Gasteiger partial charge is 0.378 e. The molecule has 1 aliphatic rings. The van der Waals surface area contributed by atoms with Crippen LogP contribution in [-0.4, -0.2) is 24.7 Å². The van der Waals surface area contributed by atoms with E-state index in [1.165, 1.54) is 0 Å². The number of hydrogen-bond donors (Lipinski definition) is 1. The first kappa shape index (κ1) is 8.94. The predicted molar refractivity (Wildman–Crippen MR) is 50.8 cm³/mol. The molecule has 1 unspecified atom stereocenters. The van der Waals surface area contributed by atoms with Crippen molar-refractivity contribution in [2.45, 2.75) is 6.04 Å². The quantitative estimate of drug-likeness (QED) is 0.693. The van der Waals surface area contributed by atoms with Gasteiger partial charge in [-0.2, -0.15) is 0 Å². The van der Waals surface area contributed by atoms with Crippen molar-refractivity contribution in [1.29, 1.82) is 0 Å². The van der Waals surface area contributed by atoms with Gasteiger partial charge < -0.3 is 10.1 Å². The van der Waals surface area contributed by atoms with Crippen LogP contribution in [0.3, 0.4) is 0 Å². The average Bonchev–Trinajstić information content (AvgIpc) is 2.19. The highest BCUT2D eigenvalue weighted by Crippen LogP contribution is 2.17. The summed E-state index contributed by atoms with van der Waals surface area (Å²) in [6.45, 7) is 2.39. The summed E-state index contributed by atoms with van der Waals surface area (Å²) in [6.07, 6.45) is 1.72. The summed E-state index contributed by atoms with van der Waals surface area (Å²) in [4.78, 5) is 3.93. The van der Waals surface area contributed by atoms with Crippen molar-refractivity contribution >= 4 is 11.6 Å². The lowest BCUT2D eigenvalue weighted by atomic mass is 10.1. The van der Waals surface area contributed by atoms with Crippen molar-refractivity contribution in [2.75, 3.05) is 19.8 Å². The zero-order chi connectivity index (χ0) is 9.10. The highest BCUT2D eigenvalue weighted by atomic mass is 35.5. The average molecular weight is 199 g/mol. The molecular formula is C9H11ClN2O. The van der Waals surface area contributed by atoms with Crippen molar-refractivity contribution in [3.05, 3.63) is 29.0 Å². The molecule has 0 aromatic carbocycles. The summed E-state index contributed by atoms with van der Waals surface area (Å²) >= 11 is 5.78. The number of rotatable bonds is 1. The van der Waals surface area contributed by atoms with E-state index < -0.39 is 0 Å². The highest BCUT2D eigenvalue weighted by Gasteiger charge is 2.14. The minimum Gasteiger partial charge on any atom is -0.378 e. The zero-order valence-electron chi connectivity index (χ0n) is 7.16. The van der Waals surface area contributed by atoms with Gasteiger partial charge in [0.05, 0.1) is 19.3 Å². The maximum Gasteiger partial charge on any atom is 0.129 e. The molecule has 13 heavy (non-hydrogen) atoms. The van der Waals surface area contributed by atoms with Crippen LogP contribution < -0.4 is 5.32 Å². The number of ether oxygens (including phenoxy) is 1. The van der Waals surface area contributed by atoms with Crippen LogP contribution in [0.5, 0.6) is 0 Å². The number of pyridine rings is 1. The fourth-order valence-corrected chi connectivity index (χ4v) is 1.60. The number of halogens is 1. The molecule has 1 saturated heterocycles. The number of morpholine rings is 1. The predicted octanol–water partition coefficient (Wildman–Crippen LogP) is 1.40. The van der Waals surface area contributed by atoms with Gasteiger partial charge in [0, 0.05) is 12.7 Å². The summed E-state index contributed by atoms with van der Waals surface area (Å²) in [6, 6.07) is 4.08. The molecule has 0 saturated carbocycles. The lowest BCUT2D eigenvalue weighted by Gasteiger charge is -2.23. The Morgan fingerprint density at radius 2 is 2.54 bits per heavy atom. The molecule has 1 aromatic heterocycles. The van der Waals surface area contributed by atoms with Crippen LogP contribution in [0.1, 0.15) is 11.6 Å². The van der Waals surface area contributed by atoms with Gasteiger partial charge in [-0.05, 0) is 17.7 Å². The fraction of sp³-hybridized carbons (Fsp3) is 0.444. The van der Waals surface area contributed by atoms with Crippen molar-refractivity contribution in [2.24, 2.45) is 0 Å².